The molecule has 0 saturated heterocycles. The van der Waals surface area contributed by atoms with Crippen molar-refractivity contribution in [3.05, 3.63) is 65.9 Å². The average molecular weight is 435 g/mol. The number of nitrogens with zero attached hydrogens (tertiary/aromatic N) is 2. The first-order chi connectivity index (χ1) is 15.4. The molecular weight excluding hydrogens is 404 g/mol. The van der Waals surface area contributed by atoms with E-state index in [0.29, 0.717) is 36.0 Å². The molecule has 7 heteroatoms. The summed E-state index contributed by atoms with van der Waals surface area (Å²) < 4.78 is 18.1. The highest BCUT2D eigenvalue weighted by atomic mass is 16.5. The van der Waals surface area contributed by atoms with E-state index in [0.717, 1.165) is 33.9 Å². The summed E-state index contributed by atoms with van der Waals surface area (Å²) in [5, 5.41) is 16.5. The van der Waals surface area contributed by atoms with Crippen LogP contribution in [0.5, 0.6) is 11.5 Å². The highest BCUT2D eigenvalue weighted by Gasteiger charge is 2.22. The molecule has 0 aliphatic heterocycles. The van der Waals surface area contributed by atoms with Crippen LogP contribution >= 0.6 is 0 Å². The summed E-state index contributed by atoms with van der Waals surface area (Å²) in [6, 6.07) is 11.8. The number of hydrogen-bond acceptors (Lipinski definition) is 6. The van der Waals surface area contributed by atoms with E-state index in [1.807, 2.05) is 50.2 Å². The maximum atomic E-state index is 8.44. The molecule has 0 saturated carbocycles. The third-order valence-corrected chi connectivity index (χ3v) is 5.13. The largest absolute Gasteiger partial charge is 0.496 e. The van der Waals surface area contributed by atoms with Crippen LogP contribution in [0.15, 0.2) is 49.2 Å². The van der Waals surface area contributed by atoms with E-state index in [1.165, 1.54) is 0 Å². The zero-order chi connectivity index (χ0) is 23.3. The van der Waals surface area contributed by atoms with Gasteiger partial charge in [-0.2, -0.15) is 5.10 Å². The fourth-order valence-corrected chi connectivity index (χ4v) is 3.52. The quantitative estimate of drug-likeness (QED) is 0.341. The summed E-state index contributed by atoms with van der Waals surface area (Å²) >= 11 is 0. The SMILES string of the molecule is C=CNc1c(C(C)=N)c(-c2ccc(C)c(OC)c2)nn1-c1ccc(OCCOC)c(C)c1. The molecule has 3 aromatic rings. The van der Waals surface area contributed by atoms with Crippen molar-refractivity contribution in [1.82, 2.24) is 9.78 Å². The van der Waals surface area contributed by atoms with Gasteiger partial charge < -0.3 is 24.9 Å². The third-order valence-electron chi connectivity index (χ3n) is 5.13. The Hall–Kier alpha value is -3.58. The second-order valence-electron chi connectivity index (χ2n) is 7.43. The average Bonchev–Trinajstić information content (AvgIpc) is 3.15. The lowest BCUT2D eigenvalue weighted by molar-refractivity contribution is 0.146. The number of anilines is 1. The van der Waals surface area contributed by atoms with Gasteiger partial charge in [-0.05, 0) is 62.4 Å². The molecule has 32 heavy (non-hydrogen) atoms. The van der Waals surface area contributed by atoms with Crippen molar-refractivity contribution in [2.45, 2.75) is 20.8 Å². The zero-order valence-corrected chi connectivity index (χ0v) is 19.3. The highest BCUT2D eigenvalue weighted by molar-refractivity contribution is 6.06. The summed E-state index contributed by atoms with van der Waals surface area (Å²) in [6.45, 7) is 10.6. The molecule has 7 nitrogen and oxygen atoms in total. The minimum absolute atomic E-state index is 0.395. The minimum Gasteiger partial charge on any atom is -0.496 e. The summed E-state index contributed by atoms with van der Waals surface area (Å²) in [5.41, 5.74) is 5.52. The van der Waals surface area contributed by atoms with Crippen LogP contribution in [-0.2, 0) is 4.74 Å². The standard InChI is InChI=1S/C25H30N4O3/c1-7-27-25-23(18(4)26)24(19-9-8-16(2)22(15-19)31-6)28-29(25)20-10-11-21(17(3)14-20)32-13-12-30-5/h7-11,14-15,26-27H,1,12-13H2,2-6H3. The van der Waals surface area contributed by atoms with Crippen molar-refractivity contribution in [2.75, 3.05) is 32.8 Å². The van der Waals surface area contributed by atoms with Crippen LogP contribution in [0, 0.1) is 19.3 Å². The molecule has 2 N–H and O–H groups in total. The van der Waals surface area contributed by atoms with Crippen molar-refractivity contribution in [2.24, 2.45) is 0 Å². The van der Waals surface area contributed by atoms with E-state index in [9.17, 15) is 0 Å². The van der Waals surface area contributed by atoms with Crippen molar-refractivity contribution in [3.8, 4) is 28.4 Å². The van der Waals surface area contributed by atoms with Crippen LogP contribution in [-0.4, -0.2) is 42.9 Å². The molecule has 0 aliphatic rings. The molecule has 0 fully saturated rings. The zero-order valence-electron chi connectivity index (χ0n) is 19.3. The van der Waals surface area contributed by atoms with Crippen LogP contribution in [0.3, 0.4) is 0 Å². The van der Waals surface area contributed by atoms with Crippen molar-refractivity contribution >= 4 is 11.5 Å². The van der Waals surface area contributed by atoms with Gasteiger partial charge >= 0.3 is 0 Å². The Morgan fingerprint density at radius 3 is 2.50 bits per heavy atom. The van der Waals surface area contributed by atoms with E-state index in [-0.39, 0.29) is 0 Å². The van der Waals surface area contributed by atoms with Gasteiger partial charge in [-0.15, -0.1) is 0 Å². The van der Waals surface area contributed by atoms with Crippen molar-refractivity contribution in [3.63, 3.8) is 0 Å². The molecular formula is C25H30N4O3. The predicted octanol–water partition coefficient (Wildman–Crippen LogP) is 5.13. The van der Waals surface area contributed by atoms with Gasteiger partial charge in [0.1, 0.15) is 29.6 Å². The number of rotatable bonds is 10. The maximum Gasteiger partial charge on any atom is 0.143 e. The van der Waals surface area contributed by atoms with Gasteiger partial charge in [-0.3, -0.25) is 0 Å². The van der Waals surface area contributed by atoms with Crippen molar-refractivity contribution in [1.29, 1.82) is 5.41 Å². The molecule has 0 atom stereocenters. The van der Waals surface area contributed by atoms with E-state index in [2.05, 4.69) is 11.9 Å². The summed E-state index contributed by atoms with van der Waals surface area (Å²) in [5.74, 6) is 2.25. The fraction of sp³-hybridized carbons (Fsp3) is 0.280. The molecule has 1 aromatic heterocycles. The summed E-state index contributed by atoms with van der Waals surface area (Å²) in [4.78, 5) is 0. The number of benzene rings is 2. The van der Waals surface area contributed by atoms with E-state index in [1.54, 1.807) is 32.0 Å². The molecule has 168 valence electrons. The van der Waals surface area contributed by atoms with E-state index in [4.69, 9.17) is 24.7 Å². The number of methoxy groups -OCH3 is 2. The van der Waals surface area contributed by atoms with Crippen LogP contribution in [0.25, 0.3) is 16.9 Å². The third kappa shape index (κ3) is 4.68. The molecule has 3 rings (SSSR count). The molecule has 2 aromatic carbocycles. The number of aryl methyl sites for hydroxylation is 2. The Kier molecular flexibility index (Phi) is 7.33. The van der Waals surface area contributed by atoms with E-state index < -0.39 is 0 Å². The molecule has 0 unspecified atom stereocenters. The minimum atomic E-state index is 0.395. The Bertz CT molecular complexity index is 1130. The maximum absolute atomic E-state index is 8.44. The lowest BCUT2D eigenvalue weighted by atomic mass is 10.0. The van der Waals surface area contributed by atoms with Gasteiger partial charge in [0.05, 0.1) is 25.0 Å². The first kappa shape index (κ1) is 23.1. The van der Waals surface area contributed by atoms with Crippen LogP contribution in [0.2, 0.25) is 0 Å². The first-order valence-corrected chi connectivity index (χ1v) is 10.3. The van der Waals surface area contributed by atoms with Crippen molar-refractivity contribution < 1.29 is 14.2 Å². The Morgan fingerprint density at radius 1 is 1.09 bits per heavy atom. The number of nitrogens with one attached hydrogen (secondary N) is 2. The molecule has 1 heterocycles. The van der Waals surface area contributed by atoms with Crippen LogP contribution in [0.4, 0.5) is 5.82 Å². The molecule has 0 aliphatic carbocycles. The summed E-state index contributed by atoms with van der Waals surface area (Å²) in [6.07, 6.45) is 1.59. The topological polar surface area (TPSA) is 81.4 Å². The molecule has 0 bridgehead atoms. The first-order valence-electron chi connectivity index (χ1n) is 10.3. The second kappa shape index (κ2) is 10.2. The van der Waals surface area contributed by atoms with Gasteiger partial charge in [-0.1, -0.05) is 18.7 Å². The van der Waals surface area contributed by atoms with Gasteiger partial charge in [0.2, 0.25) is 0 Å². The lowest BCUT2D eigenvalue weighted by Gasteiger charge is -2.12. The number of ether oxygens (including phenoxy) is 3. The van der Waals surface area contributed by atoms with Gasteiger partial charge in [-0.25, -0.2) is 4.68 Å². The highest BCUT2D eigenvalue weighted by Crippen LogP contribution is 2.35. The second-order valence-corrected chi connectivity index (χ2v) is 7.43. The smallest absolute Gasteiger partial charge is 0.143 e. The van der Waals surface area contributed by atoms with Crippen LogP contribution < -0.4 is 14.8 Å². The molecule has 0 radical (unpaired) electrons. The van der Waals surface area contributed by atoms with Gasteiger partial charge in [0.15, 0.2) is 0 Å². The molecule has 0 amide bonds. The lowest BCUT2D eigenvalue weighted by Crippen LogP contribution is -2.07. The van der Waals surface area contributed by atoms with Gasteiger partial charge in [0, 0.05) is 18.4 Å². The monoisotopic (exact) mass is 434 g/mol. The Morgan fingerprint density at radius 2 is 1.88 bits per heavy atom. The Balaban J connectivity index is 2.14. The van der Waals surface area contributed by atoms with Crippen LogP contribution in [0.1, 0.15) is 23.6 Å². The number of hydrogen-bond donors (Lipinski definition) is 2. The summed E-state index contributed by atoms with van der Waals surface area (Å²) in [7, 11) is 3.30. The number of aromatic nitrogens is 2. The fourth-order valence-electron chi connectivity index (χ4n) is 3.52. The molecule has 0 spiro atoms. The van der Waals surface area contributed by atoms with Gasteiger partial charge in [0.25, 0.3) is 0 Å². The normalized spacial score (nSPS) is 10.7. The predicted molar refractivity (Wildman–Crippen MR) is 129 cm³/mol. The van der Waals surface area contributed by atoms with E-state index >= 15 is 0 Å². The Labute approximate surface area is 189 Å².